The van der Waals surface area contributed by atoms with E-state index in [1.54, 1.807) is 30.4 Å². The maximum absolute atomic E-state index is 11.2. The molecule has 6 heteroatoms. The van der Waals surface area contributed by atoms with E-state index in [2.05, 4.69) is 10.5 Å². The van der Waals surface area contributed by atoms with Gasteiger partial charge in [-0.1, -0.05) is 25.5 Å². The van der Waals surface area contributed by atoms with Crippen LogP contribution in [0.4, 0.5) is 5.69 Å². The van der Waals surface area contributed by atoms with Crippen molar-refractivity contribution in [2.75, 3.05) is 0 Å². The lowest BCUT2D eigenvalue weighted by molar-refractivity contribution is -0.385. The number of nitrogens with one attached hydrogen (secondary N) is 1. The largest absolute Gasteiger partial charge is 0.276 e. The topological polar surface area (TPSA) is 84.6 Å². The van der Waals surface area contributed by atoms with Crippen LogP contribution < -0.4 is 5.43 Å². The van der Waals surface area contributed by atoms with Crippen molar-refractivity contribution in [2.24, 2.45) is 5.10 Å². The Hall–Kier alpha value is -2.50. The summed E-state index contributed by atoms with van der Waals surface area (Å²) in [5.41, 5.74) is 2.91. The van der Waals surface area contributed by atoms with Crippen molar-refractivity contribution in [2.45, 2.75) is 26.2 Å². The van der Waals surface area contributed by atoms with Gasteiger partial charge in [-0.3, -0.25) is 14.9 Å². The first kappa shape index (κ1) is 15.6. The molecule has 0 aliphatic rings. The van der Waals surface area contributed by atoms with Gasteiger partial charge in [-0.15, -0.1) is 0 Å². The number of carbonyl (C=O) groups excluding carboxylic acids is 1. The molecule has 1 rings (SSSR count). The van der Waals surface area contributed by atoms with Gasteiger partial charge in [-0.05, 0) is 24.6 Å². The molecule has 0 heterocycles. The Morgan fingerprint density at radius 3 is 2.90 bits per heavy atom. The first-order chi connectivity index (χ1) is 9.65. The molecule has 1 aromatic rings. The molecule has 0 unspecified atom stereocenters. The number of nitro groups is 1. The number of unbranched alkanes of at least 4 members (excludes halogenated alkanes) is 1. The summed E-state index contributed by atoms with van der Waals surface area (Å²) in [6, 6.07) is 6.40. The Labute approximate surface area is 117 Å². The number of para-hydroxylation sites is 1. The van der Waals surface area contributed by atoms with Gasteiger partial charge in [0, 0.05) is 18.7 Å². The van der Waals surface area contributed by atoms with E-state index in [9.17, 15) is 14.9 Å². The number of hydrogen-bond donors (Lipinski definition) is 1. The molecule has 0 aromatic heterocycles. The molecule has 0 saturated carbocycles. The number of rotatable bonds is 7. The zero-order chi connectivity index (χ0) is 14.8. The predicted octanol–water partition coefficient (Wildman–Crippen LogP) is 2.90. The molecule has 0 atom stereocenters. The molecule has 0 aliphatic heterocycles. The number of nitrogens with zero attached hydrogens (tertiary/aromatic N) is 2. The second-order valence-electron chi connectivity index (χ2n) is 4.09. The van der Waals surface area contributed by atoms with Crippen LogP contribution >= 0.6 is 0 Å². The Morgan fingerprint density at radius 2 is 2.20 bits per heavy atom. The summed E-state index contributed by atoms with van der Waals surface area (Å²) in [5.74, 6) is -0.137. The van der Waals surface area contributed by atoms with Crippen molar-refractivity contribution in [3.63, 3.8) is 0 Å². The Morgan fingerprint density at radius 1 is 1.45 bits per heavy atom. The monoisotopic (exact) mass is 275 g/mol. The minimum atomic E-state index is -0.441. The van der Waals surface area contributed by atoms with Gasteiger partial charge in [-0.25, -0.2) is 5.43 Å². The predicted molar refractivity (Wildman–Crippen MR) is 78.3 cm³/mol. The molecule has 1 amide bonds. The van der Waals surface area contributed by atoms with E-state index < -0.39 is 4.92 Å². The van der Waals surface area contributed by atoms with Crippen LogP contribution in [0.3, 0.4) is 0 Å². The quantitative estimate of drug-likeness (QED) is 0.471. The molecule has 1 aromatic carbocycles. The SMILES string of the molecule is CCCCC(=O)N/N=C/C=C/c1ccccc1[N+](=O)[O-]. The molecule has 20 heavy (non-hydrogen) atoms. The van der Waals surface area contributed by atoms with Crippen molar-refractivity contribution in [3.05, 3.63) is 46.0 Å². The fourth-order valence-electron chi connectivity index (χ4n) is 1.49. The summed E-state index contributed by atoms with van der Waals surface area (Å²) in [6.45, 7) is 2.01. The Bertz CT molecular complexity index is 524. The maximum Gasteiger partial charge on any atom is 0.276 e. The van der Waals surface area contributed by atoms with E-state index in [-0.39, 0.29) is 11.6 Å². The first-order valence-corrected chi connectivity index (χ1v) is 6.37. The van der Waals surface area contributed by atoms with Crippen LogP contribution in [0.15, 0.2) is 35.4 Å². The van der Waals surface area contributed by atoms with Gasteiger partial charge >= 0.3 is 0 Å². The zero-order valence-corrected chi connectivity index (χ0v) is 11.3. The van der Waals surface area contributed by atoms with Crippen LogP contribution in [-0.2, 0) is 4.79 Å². The molecular weight excluding hydrogens is 258 g/mol. The van der Waals surface area contributed by atoms with E-state index in [4.69, 9.17) is 0 Å². The minimum absolute atomic E-state index is 0.0316. The highest BCUT2D eigenvalue weighted by Crippen LogP contribution is 2.18. The van der Waals surface area contributed by atoms with E-state index in [1.165, 1.54) is 12.3 Å². The van der Waals surface area contributed by atoms with Gasteiger partial charge in [-0.2, -0.15) is 5.10 Å². The summed E-state index contributed by atoms with van der Waals surface area (Å²) in [5, 5.41) is 14.5. The van der Waals surface area contributed by atoms with E-state index in [1.807, 2.05) is 6.92 Å². The van der Waals surface area contributed by atoms with Gasteiger partial charge in [0.25, 0.3) is 5.69 Å². The van der Waals surface area contributed by atoms with Crippen molar-refractivity contribution >= 4 is 23.9 Å². The van der Waals surface area contributed by atoms with Crippen molar-refractivity contribution in [1.82, 2.24) is 5.43 Å². The van der Waals surface area contributed by atoms with Crippen LogP contribution in [-0.4, -0.2) is 17.0 Å². The van der Waals surface area contributed by atoms with Crippen LogP contribution in [0.1, 0.15) is 31.7 Å². The highest BCUT2D eigenvalue weighted by Gasteiger charge is 2.08. The third kappa shape index (κ3) is 5.43. The van der Waals surface area contributed by atoms with Gasteiger partial charge in [0.15, 0.2) is 0 Å². The third-order valence-corrected chi connectivity index (χ3v) is 2.52. The van der Waals surface area contributed by atoms with Crippen LogP contribution in [0.25, 0.3) is 6.08 Å². The average molecular weight is 275 g/mol. The molecule has 0 spiro atoms. The van der Waals surface area contributed by atoms with Crippen LogP contribution in [0, 0.1) is 10.1 Å². The number of nitro benzene ring substituents is 1. The number of carbonyl (C=O) groups is 1. The molecule has 6 nitrogen and oxygen atoms in total. The molecule has 106 valence electrons. The van der Waals surface area contributed by atoms with Crippen LogP contribution in [0.5, 0.6) is 0 Å². The third-order valence-electron chi connectivity index (χ3n) is 2.52. The van der Waals surface area contributed by atoms with Crippen molar-refractivity contribution < 1.29 is 9.72 Å². The Kier molecular flexibility index (Phi) is 6.67. The lowest BCUT2D eigenvalue weighted by atomic mass is 10.2. The molecule has 0 bridgehead atoms. The number of hydrazone groups is 1. The summed E-state index contributed by atoms with van der Waals surface area (Å²) < 4.78 is 0. The normalized spacial score (nSPS) is 11.1. The first-order valence-electron chi connectivity index (χ1n) is 6.37. The maximum atomic E-state index is 11.2. The lowest BCUT2D eigenvalue weighted by Gasteiger charge is -1.96. The standard InChI is InChI=1S/C14H17N3O3/c1-2-3-10-14(18)16-15-11-6-8-12-7-4-5-9-13(12)17(19)20/h4-9,11H,2-3,10H2,1H3,(H,16,18)/b8-6+,15-11+. The molecule has 0 radical (unpaired) electrons. The fraction of sp³-hybridized carbons (Fsp3) is 0.286. The molecule has 1 N–H and O–H groups in total. The summed E-state index contributed by atoms with van der Waals surface area (Å²) in [4.78, 5) is 21.6. The summed E-state index contributed by atoms with van der Waals surface area (Å²) in [7, 11) is 0. The van der Waals surface area contributed by atoms with E-state index in [0.29, 0.717) is 12.0 Å². The smallest absolute Gasteiger partial charge is 0.273 e. The van der Waals surface area contributed by atoms with Crippen molar-refractivity contribution in [1.29, 1.82) is 0 Å². The lowest BCUT2D eigenvalue weighted by Crippen LogP contribution is -2.16. The number of allylic oxidation sites excluding steroid dienone is 1. The second kappa shape index (κ2) is 8.58. The average Bonchev–Trinajstić information content (AvgIpc) is 2.45. The summed E-state index contributed by atoms with van der Waals surface area (Å²) >= 11 is 0. The van der Waals surface area contributed by atoms with Gasteiger partial charge in [0.05, 0.1) is 10.5 Å². The molecular formula is C14H17N3O3. The number of benzene rings is 1. The fourth-order valence-corrected chi connectivity index (χ4v) is 1.49. The Balaban J connectivity index is 2.53. The highest BCUT2D eigenvalue weighted by atomic mass is 16.6. The van der Waals surface area contributed by atoms with Gasteiger partial charge in [0.2, 0.25) is 5.91 Å². The highest BCUT2D eigenvalue weighted by molar-refractivity contribution is 5.82. The summed E-state index contributed by atoms with van der Waals surface area (Å²) in [6.07, 6.45) is 6.73. The molecule has 0 saturated heterocycles. The van der Waals surface area contributed by atoms with E-state index >= 15 is 0 Å². The number of amides is 1. The zero-order valence-electron chi connectivity index (χ0n) is 11.3. The van der Waals surface area contributed by atoms with Gasteiger partial charge in [0.1, 0.15) is 0 Å². The number of hydrogen-bond acceptors (Lipinski definition) is 4. The van der Waals surface area contributed by atoms with Crippen LogP contribution in [0.2, 0.25) is 0 Å². The minimum Gasteiger partial charge on any atom is -0.273 e. The van der Waals surface area contributed by atoms with E-state index in [0.717, 1.165) is 12.8 Å². The van der Waals surface area contributed by atoms with Gasteiger partial charge < -0.3 is 0 Å². The van der Waals surface area contributed by atoms with Crippen molar-refractivity contribution in [3.8, 4) is 0 Å². The second-order valence-corrected chi connectivity index (χ2v) is 4.09. The molecule has 0 aliphatic carbocycles. The molecule has 0 fully saturated rings.